The average molecular weight is 469 g/mol. The van der Waals surface area contributed by atoms with Gasteiger partial charge in [0.05, 0.1) is 11.1 Å². The molecule has 0 saturated carbocycles. The zero-order chi connectivity index (χ0) is 23.3. The molecule has 174 valence electrons. The second-order valence-electron chi connectivity index (χ2n) is 7.90. The second kappa shape index (κ2) is 10.3. The van der Waals surface area contributed by atoms with E-state index < -0.39 is 10.0 Å². The number of carbonyl (C=O) groups excluding carboxylic acids is 1. The smallest absolute Gasteiger partial charge is 0.243 e. The van der Waals surface area contributed by atoms with Gasteiger partial charge in [-0.15, -0.1) is 0 Å². The highest BCUT2D eigenvalue weighted by molar-refractivity contribution is 7.89. The van der Waals surface area contributed by atoms with Gasteiger partial charge >= 0.3 is 0 Å². The minimum Gasteiger partial charge on any atom is -0.441 e. The first-order valence-electron chi connectivity index (χ1n) is 11.1. The molecule has 1 amide bonds. The van der Waals surface area contributed by atoms with Gasteiger partial charge in [-0.3, -0.25) is 4.79 Å². The number of amides is 1. The summed E-state index contributed by atoms with van der Waals surface area (Å²) in [5.74, 6) is 0.966. The number of benzene rings is 2. The summed E-state index contributed by atoms with van der Waals surface area (Å²) in [6.45, 7) is 5.45. The van der Waals surface area contributed by atoms with Gasteiger partial charge in [0, 0.05) is 50.3 Å². The Morgan fingerprint density at radius 1 is 1.03 bits per heavy atom. The van der Waals surface area contributed by atoms with Gasteiger partial charge in [0.15, 0.2) is 11.7 Å². The number of nitrogens with one attached hydrogen (secondary N) is 1. The highest BCUT2D eigenvalue weighted by atomic mass is 32.2. The highest BCUT2D eigenvalue weighted by Gasteiger charge is 2.27. The molecule has 1 aliphatic heterocycles. The van der Waals surface area contributed by atoms with Gasteiger partial charge in [0.1, 0.15) is 0 Å². The van der Waals surface area contributed by atoms with Crippen molar-refractivity contribution in [3.8, 4) is 11.3 Å². The summed E-state index contributed by atoms with van der Waals surface area (Å²) < 4.78 is 33.0. The number of hydrogen-bond donors (Lipinski definition) is 1. The molecule has 1 aromatic heterocycles. The molecule has 33 heavy (non-hydrogen) atoms. The molecule has 1 aliphatic rings. The maximum absolute atomic E-state index is 12.9. The van der Waals surface area contributed by atoms with Crippen LogP contribution in [0.2, 0.25) is 0 Å². The van der Waals surface area contributed by atoms with E-state index in [1.54, 1.807) is 18.3 Å². The molecule has 4 rings (SSSR count). The predicted octanol–water partition coefficient (Wildman–Crippen LogP) is 3.24. The van der Waals surface area contributed by atoms with Crippen LogP contribution in [0, 0.1) is 0 Å². The Morgan fingerprint density at radius 3 is 2.39 bits per heavy atom. The number of piperazine rings is 1. The molecule has 1 N–H and O–H groups in total. The first kappa shape index (κ1) is 23.2. The average Bonchev–Trinajstić information content (AvgIpc) is 3.33. The molecule has 8 nitrogen and oxygen atoms in total. The van der Waals surface area contributed by atoms with Crippen LogP contribution in [0.5, 0.6) is 0 Å². The number of aryl methyl sites for hydroxylation is 1. The van der Waals surface area contributed by atoms with Crippen LogP contribution < -0.4 is 5.32 Å². The molecule has 0 spiro atoms. The number of likely N-dealkylation sites (N-methyl/N-ethyl adjacent to an activating group) is 1. The third kappa shape index (κ3) is 5.68. The number of hydrogen-bond acceptors (Lipinski definition) is 6. The van der Waals surface area contributed by atoms with Gasteiger partial charge in [-0.25, -0.2) is 13.4 Å². The third-order valence-electron chi connectivity index (χ3n) is 5.73. The van der Waals surface area contributed by atoms with Crippen LogP contribution in [0.1, 0.15) is 19.2 Å². The highest BCUT2D eigenvalue weighted by Crippen LogP contribution is 2.22. The fourth-order valence-electron chi connectivity index (χ4n) is 3.75. The topological polar surface area (TPSA) is 95.8 Å². The van der Waals surface area contributed by atoms with Crippen molar-refractivity contribution in [2.75, 3.05) is 38.0 Å². The van der Waals surface area contributed by atoms with Crippen LogP contribution in [-0.4, -0.2) is 61.2 Å². The van der Waals surface area contributed by atoms with E-state index in [0.29, 0.717) is 36.8 Å². The summed E-state index contributed by atoms with van der Waals surface area (Å²) in [4.78, 5) is 19.0. The molecule has 1 saturated heterocycles. The molecule has 0 unspecified atom stereocenters. The van der Waals surface area contributed by atoms with E-state index in [1.807, 2.05) is 30.3 Å². The minimum atomic E-state index is -3.53. The summed E-state index contributed by atoms with van der Waals surface area (Å²) in [5.41, 5.74) is 1.48. The number of aromatic nitrogens is 1. The van der Waals surface area contributed by atoms with Gasteiger partial charge in [0.2, 0.25) is 15.9 Å². The first-order chi connectivity index (χ1) is 16.0. The SMILES string of the molecule is CCN1CCN(S(=O)(=O)c2ccc(NC(=O)CCc3ncc(-c4ccccc4)o3)cc2)CC1. The number of rotatable bonds is 8. The van der Waals surface area contributed by atoms with Crippen molar-refractivity contribution in [3.05, 3.63) is 66.7 Å². The van der Waals surface area contributed by atoms with Gasteiger partial charge in [0.25, 0.3) is 0 Å². The Hall–Kier alpha value is -3.01. The van der Waals surface area contributed by atoms with E-state index in [0.717, 1.165) is 25.2 Å². The van der Waals surface area contributed by atoms with E-state index in [1.165, 1.54) is 16.4 Å². The lowest BCUT2D eigenvalue weighted by molar-refractivity contribution is -0.116. The zero-order valence-electron chi connectivity index (χ0n) is 18.6. The van der Waals surface area contributed by atoms with Crippen molar-refractivity contribution in [1.82, 2.24) is 14.2 Å². The Balaban J connectivity index is 1.30. The summed E-state index contributed by atoms with van der Waals surface area (Å²) >= 11 is 0. The molecule has 0 atom stereocenters. The van der Waals surface area contributed by atoms with E-state index in [-0.39, 0.29) is 17.2 Å². The lowest BCUT2D eigenvalue weighted by Gasteiger charge is -2.33. The predicted molar refractivity (Wildman–Crippen MR) is 126 cm³/mol. The monoisotopic (exact) mass is 468 g/mol. The molecule has 9 heteroatoms. The fourth-order valence-corrected chi connectivity index (χ4v) is 5.17. The lowest BCUT2D eigenvalue weighted by atomic mass is 10.2. The number of sulfonamides is 1. The molecule has 3 aromatic rings. The number of anilines is 1. The second-order valence-corrected chi connectivity index (χ2v) is 9.83. The Kier molecular flexibility index (Phi) is 7.22. The van der Waals surface area contributed by atoms with Gasteiger partial charge < -0.3 is 14.6 Å². The fraction of sp³-hybridized carbons (Fsp3) is 0.333. The van der Waals surface area contributed by atoms with Crippen LogP contribution in [-0.2, 0) is 21.2 Å². The van der Waals surface area contributed by atoms with Crippen molar-refractivity contribution in [2.45, 2.75) is 24.7 Å². The summed E-state index contributed by atoms with van der Waals surface area (Å²) in [5, 5.41) is 2.80. The van der Waals surface area contributed by atoms with Crippen LogP contribution in [0.15, 0.2) is 70.1 Å². The maximum atomic E-state index is 12.9. The quantitative estimate of drug-likeness (QED) is 0.545. The van der Waals surface area contributed by atoms with Crippen molar-refractivity contribution in [1.29, 1.82) is 0 Å². The van der Waals surface area contributed by atoms with Gasteiger partial charge in [-0.1, -0.05) is 37.3 Å². The molecule has 2 aromatic carbocycles. The number of carbonyl (C=O) groups is 1. The van der Waals surface area contributed by atoms with E-state index in [2.05, 4.69) is 22.1 Å². The maximum Gasteiger partial charge on any atom is 0.243 e. The molecular formula is C24H28N4O4S. The third-order valence-corrected chi connectivity index (χ3v) is 7.64. The van der Waals surface area contributed by atoms with Crippen LogP contribution >= 0.6 is 0 Å². The van der Waals surface area contributed by atoms with E-state index in [4.69, 9.17) is 4.42 Å². The Labute approximate surface area is 194 Å². The molecule has 2 heterocycles. The minimum absolute atomic E-state index is 0.194. The largest absolute Gasteiger partial charge is 0.441 e. The molecule has 0 aliphatic carbocycles. The van der Waals surface area contributed by atoms with Crippen LogP contribution in [0.3, 0.4) is 0 Å². The first-order valence-corrected chi connectivity index (χ1v) is 12.5. The zero-order valence-corrected chi connectivity index (χ0v) is 19.4. The van der Waals surface area contributed by atoms with Crippen molar-refractivity contribution < 1.29 is 17.6 Å². The normalized spacial score (nSPS) is 15.4. The molecule has 1 fully saturated rings. The van der Waals surface area contributed by atoms with Crippen LogP contribution in [0.25, 0.3) is 11.3 Å². The number of nitrogens with zero attached hydrogens (tertiary/aromatic N) is 3. The Bertz CT molecular complexity index is 1170. The molecule has 0 bridgehead atoms. The Morgan fingerprint density at radius 2 is 1.73 bits per heavy atom. The van der Waals surface area contributed by atoms with Gasteiger partial charge in [-0.2, -0.15) is 4.31 Å². The van der Waals surface area contributed by atoms with E-state index in [9.17, 15) is 13.2 Å². The van der Waals surface area contributed by atoms with Gasteiger partial charge in [-0.05, 0) is 30.8 Å². The number of oxazole rings is 1. The summed E-state index contributed by atoms with van der Waals surface area (Å²) in [7, 11) is -3.53. The summed E-state index contributed by atoms with van der Waals surface area (Å²) in [6, 6.07) is 16.0. The van der Waals surface area contributed by atoms with Crippen molar-refractivity contribution >= 4 is 21.6 Å². The lowest BCUT2D eigenvalue weighted by Crippen LogP contribution is -2.48. The van der Waals surface area contributed by atoms with Crippen molar-refractivity contribution in [3.63, 3.8) is 0 Å². The van der Waals surface area contributed by atoms with Crippen LogP contribution in [0.4, 0.5) is 5.69 Å². The standard InChI is InChI=1S/C24H28N4O4S/c1-2-27-14-16-28(17-15-27)33(30,31)21-10-8-20(9-11-21)26-23(29)12-13-24-25-18-22(32-24)19-6-4-3-5-7-19/h3-11,18H,2,12-17H2,1H3,(H,26,29). The van der Waals surface area contributed by atoms with E-state index >= 15 is 0 Å². The summed E-state index contributed by atoms with van der Waals surface area (Å²) in [6.07, 6.45) is 2.23. The van der Waals surface area contributed by atoms with Crippen molar-refractivity contribution in [2.24, 2.45) is 0 Å². The molecular weight excluding hydrogens is 440 g/mol. The molecule has 0 radical (unpaired) electrons.